The molecule has 13 nitrogen and oxygen atoms in total. The summed E-state index contributed by atoms with van der Waals surface area (Å²) in [4.78, 5) is 38.5. The Balaban J connectivity index is 1.85. The number of aliphatic hydroxyl groups excluding tert-OH is 1. The minimum atomic E-state index is -4.33. The van der Waals surface area contributed by atoms with Crippen LogP contribution in [-0.2, 0) is 23.4 Å². The van der Waals surface area contributed by atoms with Crippen molar-refractivity contribution in [2.45, 2.75) is 38.0 Å². The van der Waals surface area contributed by atoms with Gasteiger partial charge in [0.05, 0.1) is 12.7 Å². The number of hydrogen-bond donors (Lipinski definition) is 4. The number of rotatable bonds is 10. The molecule has 1 aliphatic rings. The third-order valence-electron chi connectivity index (χ3n) is 4.97. The number of carbonyl (C=O) groups excluding carboxylic acids is 1. The summed E-state index contributed by atoms with van der Waals surface area (Å²) in [7, 11) is -3.17. The van der Waals surface area contributed by atoms with Crippen molar-refractivity contribution < 1.29 is 33.0 Å². The number of benzene rings is 1. The Bertz CT molecular complexity index is 1270. The van der Waals surface area contributed by atoms with E-state index in [1.807, 2.05) is 0 Å². The van der Waals surface area contributed by atoms with Crippen LogP contribution in [0.15, 0.2) is 64.5 Å². The molecular weight excluding hydrogens is 495 g/mol. The minimum Gasteiger partial charge on any atom is -0.468 e. The molecule has 1 fully saturated rings. The van der Waals surface area contributed by atoms with E-state index in [4.69, 9.17) is 19.5 Å². The predicted octanol–water partition coefficient (Wildman–Crippen LogP) is 0.983. The summed E-state index contributed by atoms with van der Waals surface area (Å²) in [5, 5.41) is 13.0. The lowest BCUT2D eigenvalue weighted by atomic mass is 10.2. The van der Waals surface area contributed by atoms with Crippen molar-refractivity contribution in [3.8, 4) is 5.75 Å². The van der Waals surface area contributed by atoms with Crippen molar-refractivity contribution >= 4 is 19.8 Å². The Morgan fingerprint density at radius 3 is 2.72 bits per heavy atom. The maximum Gasteiger partial charge on any atom is 0.461 e. The van der Waals surface area contributed by atoms with E-state index in [0.29, 0.717) is 0 Å². The summed E-state index contributed by atoms with van der Waals surface area (Å²) in [6.07, 6.45) is 2.87. The Hall–Kier alpha value is -3.48. The van der Waals surface area contributed by atoms with Gasteiger partial charge >= 0.3 is 19.4 Å². The molecule has 3 rings (SSSR count). The van der Waals surface area contributed by atoms with Crippen LogP contribution in [0.25, 0.3) is 6.08 Å². The number of nitrogens with one attached hydrogen (secondary N) is 2. The molecule has 5 atom stereocenters. The van der Waals surface area contributed by atoms with E-state index in [9.17, 15) is 24.1 Å². The number of ether oxygens (including phenoxy) is 2. The largest absolute Gasteiger partial charge is 0.468 e. The number of nitrogens with two attached hydrogens (primary N) is 1. The van der Waals surface area contributed by atoms with E-state index in [0.717, 1.165) is 11.7 Å². The molecule has 1 aliphatic heterocycles. The standard InChI is InChI=1S/C22H27N4O9P/c1-14(20(29)32-2)25-36(31,34-16-9-4-3-5-10-16)35-21-17(27)12-18(33-21)26-13-15(8-6-7-11-23)19(28)24-22(26)30/h3-11,13-14,17-18,21,27H,12,23H2,1-2H3,(H,25,31)(H,24,28,30)/b8-6+,11-7-/t14-,17?,18?,21?,36?/m0/s1. The van der Waals surface area contributed by atoms with Crippen molar-refractivity contribution in [1.82, 2.24) is 14.6 Å². The van der Waals surface area contributed by atoms with Gasteiger partial charge in [0.25, 0.3) is 5.56 Å². The number of para-hydroxylation sites is 1. The Kier molecular flexibility index (Phi) is 9.02. The second-order valence-electron chi connectivity index (χ2n) is 7.64. The molecule has 4 unspecified atom stereocenters. The number of carbonyl (C=O) groups is 1. The molecule has 36 heavy (non-hydrogen) atoms. The van der Waals surface area contributed by atoms with E-state index in [2.05, 4.69) is 14.8 Å². The van der Waals surface area contributed by atoms with Gasteiger partial charge in [-0.1, -0.05) is 24.3 Å². The van der Waals surface area contributed by atoms with Crippen LogP contribution in [0.2, 0.25) is 0 Å². The number of allylic oxidation sites excluding steroid dienone is 2. The maximum absolute atomic E-state index is 13.6. The van der Waals surface area contributed by atoms with Crippen LogP contribution in [0.4, 0.5) is 0 Å². The first-order valence-corrected chi connectivity index (χ1v) is 12.3. The highest BCUT2D eigenvalue weighted by Gasteiger charge is 2.43. The second kappa shape index (κ2) is 12.0. The molecular formula is C22H27N4O9P. The van der Waals surface area contributed by atoms with Gasteiger partial charge in [-0.05, 0) is 37.4 Å². The van der Waals surface area contributed by atoms with E-state index < -0.39 is 49.6 Å². The molecule has 5 N–H and O–H groups in total. The normalized spacial score (nSPS) is 22.5. The molecule has 0 aliphatic carbocycles. The van der Waals surface area contributed by atoms with Gasteiger partial charge in [0.15, 0.2) is 6.29 Å². The lowest BCUT2D eigenvalue weighted by Gasteiger charge is -2.26. The summed E-state index contributed by atoms with van der Waals surface area (Å²) in [5.74, 6) is -0.569. The van der Waals surface area contributed by atoms with Crippen LogP contribution >= 0.6 is 7.75 Å². The summed E-state index contributed by atoms with van der Waals surface area (Å²) < 4.78 is 36.0. The Morgan fingerprint density at radius 1 is 1.33 bits per heavy atom. The average Bonchev–Trinajstić information content (AvgIpc) is 3.19. The van der Waals surface area contributed by atoms with Crippen LogP contribution in [0.3, 0.4) is 0 Å². The lowest BCUT2D eigenvalue weighted by Crippen LogP contribution is -2.37. The molecule has 1 aromatic carbocycles. The van der Waals surface area contributed by atoms with Crippen LogP contribution in [0, 0.1) is 0 Å². The summed E-state index contributed by atoms with van der Waals surface area (Å²) >= 11 is 0. The first-order valence-electron chi connectivity index (χ1n) is 10.8. The van der Waals surface area contributed by atoms with Gasteiger partial charge in [0.2, 0.25) is 0 Å². The third kappa shape index (κ3) is 6.80. The maximum atomic E-state index is 13.6. The van der Waals surface area contributed by atoms with E-state index in [1.165, 1.54) is 49.7 Å². The zero-order valence-electron chi connectivity index (χ0n) is 19.5. The van der Waals surface area contributed by atoms with Crippen molar-refractivity contribution in [2.24, 2.45) is 5.73 Å². The molecule has 0 spiro atoms. The first-order chi connectivity index (χ1) is 17.2. The van der Waals surface area contributed by atoms with Gasteiger partial charge in [0.1, 0.15) is 24.1 Å². The quantitative estimate of drug-likeness (QED) is 0.198. The average molecular weight is 522 g/mol. The van der Waals surface area contributed by atoms with Gasteiger partial charge in [0, 0.05) is 12.6 Å². The lowest BCUT2D eigenvalue weighted by molar-refractivity contribution is -0.143. The molecule has 2 aromatic rings. The van der Waals surface area contributed by atoms with Crippen LogP contribution < -0.4 is 26.6 Å². The minimum absolute atomic E-state index is 0.127. The number of aliphatic hydroxyl groups is 1. The fourth-order valence-corrected chi connectivity index (χ4v) is 4.85. The van der Waals surface area contributed by atoms with Crippen molar-refractivity contribution in [2.75, 3.05) is 7.11 Å². The summed E-state index contributed by atoms with van der Waals surface area (Å²) in [6, 6.07) is 6.93. The van der Waals surface area contributed by atoms with E-state index >= 15 is 0 Å². The highest BCUT2D eigenvalue weighted by atomic mass is 31.2. The zero-order chi connectivity index (χ0) is 26.3. The Morgan fingerprint density at radius 2 is 2.06 bits per heavy atom. The number of H-pyrrole nitrogens is 1. The molecule has 1 aromatic heterocycles. The van der Waals surface area contributed by atoms with Crippen molar-refractivity contribution in [1.29, 1.82) is 0 Å². The first kappa shape index (κ1) is 27.1. The van der Waals surface area contributed by atoms with Gasteiger partial charge in [-0.3, -0.25) is 23.7 Å². The smallest absolute Gasteiger partial charge is 0.461 e. The van der Waals surface area contributed by atoms with Crippen LogP contribution in [0.5, 0.6) is 5.75 Å². The van der Waals surface area contributed by atoms with Crippen LogP contribution in [0.1, 0.15) is 25.1 Å². The third-order valence-corrected chi connectivity index (χ3v) is 6.61. The van der Waals surface area contributed by atoms with E-state index in [-0.39, 0.29) is 17.7 Å². The zero-order valence-corrected chi connectivity index (χ0v) is 20.4. The number of aromatic amines is 1. The summed E-state index contributed by atoms with van der Waals surface area (Å²) in [5.41, 5.74) is 3.98. The highest BCUT2D eigenvalue weighted by Crippen LogP contribution is 2.48. The van der Waals surface area contributed by atoms with E-state index in [1.54, 1.807) is 18.2 Å². The number of esters is 1. The molecule has 194 valence electrons. The molecule has 1 saturated heterocycles. The van der Waals surface area contributed by atoms with Crippen LogP contribution in [-0.4, -0.2) is 46.2 Å². The van der Waals surface area contributed by atoms with Crippen molar-refractivity contribution in [3.63, 3.8) is 0 Å². The van der Waals surface area contributed by atoms with Gasteiger partial charge < -0.3 is 24.8 Å². The molecule has 2 heterocycles. The highest BCUT2D eigenvalue weighted by molar-refractivity contribution is 7.52. The number of aromatic nitrogens is 2. The fraction of sp³-hybridized carbons (Fsp3) is 0.318. The molecule has 0 radical (unpaired) electrons. The number of methoxy groups -OCH3 is 1. The van der Waals surface area contributed by atoms with Gasteiger partial charge in [-0.2, -0.15) is 5.09 Å². The topological polar surface area (TPSA) is 184 Å². The molecule has 14 heteroatoms. The van der Waals surface area contributed by atoms with Crippen molar-refractivity contribution in [3.05, 3.63) is 81.3 Å². The molecule has 0 amide bonds. The molecule has 0 bridgehead atoms. The fourth-order valence-electron chi connectivity index (χ4n) is 3.25. The predicted molar refractivity (Wildman–Crippen MR) is 129 cm³/mol. The summed E-state index contributed by atoms with van der Waals surface area (Å²) in [6.45, 7) is 1.39. The van der Waals surface area contributed by atoms with Gasteiger partial charge in [-0.25, -0.2) is 9.36 Å². The SMILES string of the molecule is COC(=O)[C@H](C)NP(=O)(Oc1ccccc1)OC1OC(n2cc(/C=C/C=C\N)c(=O)[nH]c2=O)CC1O. The second-order valence-corrected chi connectivity index (χ2v) is 9.28. The number of nitrogens with zero attached hydrogens (tertiary/aromatic N) is 1. The molecule has 0 saturated carbocycles. The Labute approximate surface area is 205 Å². The number of hydrogen-bond acceptors (Lipinski definition) is 10. The van der Waals surface area contributed by atoms with Gasteiger partial charge in [-0.15, -0.1) is 0 Å². The monoisotopic (exact) mass is 522 g/mol.